The molecule has 2 aromatic rings. The van der Waals surface area contributed by atoms with E-state index in [-0.39, 0.29) is 18.0 Å². The molecule has 2 aromatic carbocycles. The van der Waals surface area contributed by atoms with Crippen molar-refractivity contribution < 1.29 is 18.0 Å². The highest BCUT2D eigenvalue weighted by Gasteiger charge is 2.33. The first-order valence-electron chi connectivity index (χ1n) is 8.58. The highest BCUT2D eigenvalue weighted by atomic mass is 19.4. The molecule has 0 spiro atoms. The van der Waals surface area contributed by atoms with Crippen LogP contribution in [0.25, 0.3) is 0 Å². The molecule has 0 saturated carbocycles. The summed E-state index contributed by atoms with van der Waals surface area (Å²) in [6.07, 6.45) is -3.54. The summed E-state index contributed by atoms with van der Waals surface area (Å²) in [4.78, 5) is 13.9. The van der Waals surface area contributed by atoms with Crippen LogP contribution in [0.15, 0.2) is 53.6 Å². The highest BCUT2D eigenvalue weighted by molar-refractivity contribution is 5.94. The Morgan fingerprint density at radius 3 is 2.41 bits per heavy atom. The van der Waals surface area contributed by atoms with Crippen molar-refractivity contribution >= 4 is 17.3 Å². The van der Waals surface area contributed by atoms with Crippen LogP contribution >= 0.6 is 0 Å². The van der Waals surface area contributed by atoms with E-state index < -0.39 is 11.7 Å². The number of hydrogen-bond acceptors (Lipinski definition) is 3. The number of anilines is 1. The molecule has 0 N–H and O–H groups in total. The van der Waals surface area contributed by atoms with Crippen molar-refractivity contribution in [2.45, 2.75) is 26.1 Å². The number of hydrogen-bond donors (Lipinski definition) is 0. The molecule has 0 aliphatic carbocycles. The van der Waals surface area contributed by atoms with Gasteiger partial charge in [-0.2, -0.15) is 18.3 Å². The Hall–Kier alpha value is -2.83. The number of alkyl halides is 3. The molecule has 142 valence electrons. The van der Waals surface area contributed by atoms with Crippen molar-refractivity contribution in [2.75, 3.05) is 18.6 Å². The summed E-state index contributed by atoms with van der Waals surface area (Å²) in [5.74, 6) is -0.334. The van der Waals surface area contributed by atoms with Crippen LogP contribution in [0.1, 0.15) is 34.8 Å². The van der Waals surface area contributed by atoms with Gasteiger partial charge in [-0.05, 0) is 42.8 Å². The fourth-order valence-electron chi connectivity index (χ4n) is 3.02. The Labute approximate surface area is 155 Å². The summed E-state index contributed by atoms with van der Waals surface area (Å²) in [6, 6.07) is 12.2. The van der Waals surface area contributed by atoms with Gasteiger partial charge in [-0.15, -0.1) is 0 Å². The van der Waals surface area contributed by atoms with E-state index in [0.29, 0.717) is 5.56 Å². The predicted molar refractivity (Wildman–Crippen MR) is 98.8 cm³/mol. The summed E-state index contributed by atoms with van der Waals surface area (Å²) in [6.45, 7) is 2.64. The van der Waals surface area contributed by atoms with E-state index in [1.165, 1.54) is 30.1 Å². The van der Waals surface area contributed by atoms with Crippen LogP contribution in [-0.2, 0) is 12.7 Å². The molecule has 0 unspecified atom stereocenters. The number of hydrazone groups is 1. The van der Waals surface area contributed by atoms with Crippen molar-refractivity contribution in [3.8, 4) is 0 Å². The van der Waals surface area contributed by atoms with Crippen molar-refractivity contribution in [3.63, 3.8) is 0 Å². The maximum Gasteiger partial charge on any atom is 0.416 e. The highest BCUT2D eigenvalue weighted by Crippen LogP contribution is 2.32. The Balaban J connectivity index is 1.73. The summed E-state index contributed by atoms with van der Waals surface area (Å²) in [5.41, 5.74) is 1.71. The molecule has 0 aromatic heterocycles. The van der Waals surface area contributed by atoms with Gasteiger partial charge in [0.25, 0.3) is 5.91 Å². The molecule has 0 bridgehead atoms. The molecule has 27 heavy (non-hydrogen) atoms. The second kappa shape index (κ2) is 7.42. The van der Waals surface area contributed by atoms with Gasteiger partial charge in [0, 0.05) is 37.8 Å². The van der Waals surface area contributed by atoms with Gasteiger partial charge in [-0.3, -0.25) is 9.80 Å². The summed E-state index contributed by atoms with van der Waals surface area (Å²) >= 11 is 0. The lowest BCUT2D eigenvalue weighted by atomic mass is 10.1. The Morgan fingerprint density at radius 2 is 1.81 bits per heavy atom. The van der Waals surface area contributed by atoms with Gasteiger partial charge in [0.2, 0.25) is 0 Å². The second-order valence-electron chi connectivity index (χ2n) is 6.57. The van der Waals surface area contributed by atoms with Crippen LogP contribution < -0.4 is 5.01 Å². The lowest BCUT2D eigenvalue weighted by molar-refractivity contribution is -0.138. The number of carbonyl (C=O) groups is 1. The predicted octanol–water partition coefficient (Wildman–Crippen LogP) is 4.56. The number of halogens is 3. The van der Waals surface area contributed by atoms with Crippen LogP contribution in [0.2, 0.25) is 0 Å². The van der Waals surface area contributed by atoms with E-state index in [1.54, 1.807) is 24.3 Å². The van der Waals surface area contributed by atoms with E-state index in [4.69, 9.17) is 0 Å². The Kier molecular flexibility index (Phi) is 5.21. The van der Waals surface area contributed by atoms with E-state index in [0.717, 1.165) is 30.4 Å². The summed E-state index contributed by atoms with van der Waals surface area (Å²) in [7, 11) is 1.50. The quantitative estimate of drug-likeness (QED) is 0.785. The van der Waals surface area contributed by atoms with Gasteiger partial charge < -0.3 is 4.90 Å². The van der Waals surface area contributed by atoms with Crippen molar-refractivity contribution in [1.29, 1.82) is 0 Å². The minimum Gasteiger partial charge on any atom is -0.337 e. The third kappa shape index (κ3) is 4.30. The van der Waals surface area contributed by atoms with E-state index in [2.05, 4.69) is 5.10 Å². The van der Waals surface area contributed by atoms with Gasteiger partial charge in [0.05, 0.1) is 11.3 Å². The first kappa shape index (κ1) is 18.9. The van der Waals surface area contributed by atoms with Crippen LogP contribution in [0.4, 0.5) is 18.9 Å². The Morgan fingerprint density at radius 1 is 1.15 bits per heavy atom. The molecule has 4 nitrogen and oxygen atoms in total. The van der Waals surface area contributed by atoms with Gasteiger partial charge >= 0.3 is 6.18 Å². The third-order valence-corrected chi connectivity index (χ3v) is 4.47. The zero-order valence-corrected chi connectivity index (χ0v) is 15.1. The van der Waals surface area contributed by atoms with Gasteiger partial charge in [-0.1, -0.05) is 18.2 Å². The first-order chi connectivity index (χ1) is 12.8. The monoisotopic (exact) mass is 375 g/mol. The largest absolute Gasteiger partial charge is 0.416 e. The van der Waals surface area contributed by atoms with Crippen molar-refractivity contribution in [2.24, 2.45) is 5.10 Å². The summed E-state index contributed by atoms with van der Waals surface area (Å²) < 4.78 is 39.4. The molecule has 1 heterocycles. The van der Waals surface area contributed by atoms with Crippen molar-refractivity contribution in [3.05, 3.63) is 65.2 Å². The number of carbonyl (C=O) groups excluding carboxylic acids is 1. The molecule has 3 rings (SSSR count). The average molecular weight is 375 g/mol. The molecule has 7 heteroatoms. The molecular formula is C20H20F3N3O. The minimum absolute atomic E-state index is 0.0688. The smallest absolute Gasteiger partial charge is 0.337 e. The molecule has 0 fully saturated rings. The number of nitrogens with zero attached hydrogens (tertiary/aromatic N) is 3. The standard InChI is InChI=1S/C20H20F3N3O/c1-14-11-12-26(24-14)17-9-7-15(8-10-17)19(27)25(2)13-16-5-3-4-6-18(16)20(21,22)23/h3-10H,11-13H2,1-2H3. The van der Waals surface area contributed by atoms with Crippen LogP contribution in [0, 0.1) is 0 Å². The van der Waals surface area contributed by atoms with E-state index in [1.807, 2.05) is 11.9 Å². The van der Waals surface area contributed by atoms with E-state index in [9.17, 15) is 18.0 Å². The van der Waals surface area contributed by atoms with E-state index >= 15 is 0 Å². The fourth-order valence-corrected chi connectivity index (χ4v) is 3.02. The first-order valence-corrected chi connectivity index (χ1v) is 8.58. The number of benzene rings is 2. The zero-order valence-electron chi connectivity index (χ0n) is 15.1. The lowest BCUT2D eigenvalue weighted by Crippen LogP contribution is -2.27. The normalized spacial score (nSPS) is 14.3. The minimum atomic E-state index is -4.45. The summed E-state index contributed by atoms with van der Waals surface area (Å²) in [5, 5.41) is 6.27. The van der Waals surface area contributed by atoms with Gasteiger partial charge in [-0.25, -0.2) is 0 Å². The molecular weight excluding hydrogens is 355 g/mol. The zero-order chi connectivity index (χ0) is 19.6. The maximum atomic E-state index is 13.1. The van der Waals surface area contributed by atoms with Crippen LogP contribution in [0.3, 0.4) is 0 Å². The molecule has 0 radical (unpaired) electrons. The molecule has 0 atom stereocenters. The van der Waals surface area contributed by atoms with Crippen LogP contribution in [0.5, 0.6) is 0 Å². The fraction of sp³-hybridized carbons (Fsp3) is 0.300. The van der Waals surface area contributed by atoms with Gasteiger partial charge in [0.15, 0.2) is 0 Å². The SMILES string of the molecule is CC1=NN(c2ccc(C(=O)N(C)Cc3ccccc3C(F)(F)F)cc2)CC1. The third-order valence-electron chi connectivity index (χ3n) is 4.47. The van der Waals surface area contributed by atoms with Crippen molar-refractivity contribution in [1.82, 2.24) is 4.90 Å². The molecule has 1 aliphatic heterocycles. The Bertz CT molecular complexity index is 860. The molecule has 0 saturated heterocycles. The molecule has 1 aliphatic rings. The number of rotatable bonds is 4. The van der Waals surface area contributed by atoms with Gasteiger partial charge in [0.1, 0.15) is 0 Å². The molecule has 1 amide bonds. The van der Waals surface area contributed by atoms with Crippen LogP contribution in [-0.4, -0.2) is 30.1 Å². The second-order valence-corrected chi connectivity index (χ2v) is 6.57. The lowest BCUT2D eigenvalue weighted by Gasteiger charge is -2.21. The average Bonchev–Trinajstić information content (AvgIpc) is 3.07. The maximum absolute atomic E-state index is 13.1. The topological polar surface area (TPSA) is 35.9 Å². The number of amides is 1.